The molecule has 41 heavy (non-hydrogen) atoms. The van der Waals surface area contributed by atoms with Crippen LogP contribution in [-0.2, 0) is 13.7 Å². The predicted octanol–water partition coefficient (Wildman–Crippen LogP) is 5.86. The molecule has 4 aromatic heterocycles. The number of hydrogen-bond donors (Lipinski definition) is 2. The highest BCUT2D eigenvalue weighted by molar-refractivity contribution is 7.21. The number of thiophene rings is 1. The number of halogens is 2. The van der Waals surface area contributed by atoms with Gasteiger partial charge in [-0.25, -0.2) is 13.8 Å². The van der Waals surface area contributed by atoms with Gasteiger partial charge in [-0.1, -0.05) is 0 Å². The van der Waals surface area contributed by atoms with Gasteiger partial charge >= 0.3 is 0 Å². The van der Waals surface area contributed by atoms with Gasteiger partial charge in [0.2, 0.25) is 0 Å². The molecule has 0 atom stereocenters. The second-order valence-electron chi connectivity index (χ2n) is 8.93. The minimum atomic E-state index is -2.86. The first kappa shape index (κ1) is 27.8. The number of alkyl halides is 2. The van der Waals surface area contributed by atoms with Crippen LogP contribution in [0.25, 0.3) is 21.3 Å². The summed E-state index contributed by atoms with van der Waals surface area (Å²) in [5, 5.41) is 7.19. The first-order valence-corrected chi connectivity index (χ1v) is 13.3. The second-order valence-corrected chi connectivity index (χ2v) is 9.93. The summed E-state index contributed by atoms with van der Waals surface area (Å²) in [6.07, 6.45) is -1.34. The van der Waals surface area contributed by atoms with Gasteiger partial charge in [-0.3, -0.25) is 14.3 Å². The van der Waals surface area contributed by atoms with E-state index in [1.807, 2.05) is 6.92 Å². The van der Waals surface area contributed by atoms with Crippen LogP contribution in [0, 0.1) is 6.92 Å². The third-order valence-electron chi connectivity index (χ3n) is 6.29. The topological polar surface area (TPSA) is 134 Å². The molecule has 0 radical (unpaired) electrons. The molecule has 5 rings (SSSR count). The van der Waals surface area contributed by atoms with Crippen LogP contribution in [0.4, 0.5) is 14.5 Å². The minimum absolute atomic E-state index is 0.0410. The number of hydrogen-bond acceptors (Lipinski definition) is 8. The molecule has 0 aliphatic rings. The fourth-order valence-corrected chi connectivity index (χ4v) is 5.22. The molecule has 1 aromatic carbocycles. The monoisotopic (exact) mass is 581 g/mol. The van der Waals surface area contributed by atoms with Gasteiger partial charge in [-0.2, -0.15) is 5.10 Å². The fraction of sp³-hybridized carbons (Fsp3) is 0.214. The summed E-state index contributed by atoms with van der Waals surface area (Å²) in [5.74, 6) is 0.104. The van der Waals surface area contributed by atoms with E-state index in [9.17, 15) is 18.4 Å². The number of anilines is 1. The van der Waals surface area contributed by atoms with E-state index in [0.717, 1.165) is 17.1 Å². The summed E-state index contributed by atoms with van der Waals surface area (Å²) in [5.41, 5.74) is 6.75. The number of primary amides is 1. The van der Waals surface area contributed by atoms with Crippen LogP contribution in [0.2, 0.25) is 0 Å². The zero-order valence-electron chi connectivity index (χ0n) is 22.2. The lowest BCUT2D eigenvalue weighted by atomic mass is 10.0. The van der Waals surface area contributed by atoms with Crippen molar-refractivity contribution in [1.29, 1.82) is 0 Å². The van der Waals surface area contributed by atoms with Crippen molar-refractivity contribution in [2.24, 2.45) is 12.8 Å². The number of aromatic nitrogens is 3. The molecule has 10 nitrogen and oxygen atoms in total. The first-order valence-electron chi connectivity index (χ1n) is 12.5. The van der Waals surface area contributed by atoms with Gasteiger partial charge in [0, 0.05) is 23.7 Å². The van der Waals surface area contributed by atoms with Crippen LogP contribution < -0.4 is 20.5 Å². The van der Waals surface area contributed by atoms with E-state index >= 15 is 0 Å². The molecule has 13 heteroatoms. The number of ether oxygens (including phenoxy) is 2. The Kier molecular flexibility index (Phi) is 7.70. The zero-order chi connectivity index (χ0) is 29.3. The summed E-state index contributed by atoms with van der Waals surface area (Å²) < 4.78 is 45.9. The number of aryl methyl sites for hydroxylation is 1. The van der Waals surface area contributed by atoms with Crippen LogP contribution >= 0.6 is 11.3 Å². The molecule has 0 saturated carbocycles. The zero-order valence-corrected chi connectivity index (χ0v) is 23.1. The Morgan fingerprint density at radius 1 is 1.12 bits per heavy atom. The van der Waals surface area contributed by atoms with Crippen molar-refractivity contribution in [3.8, 4) is 22.6 Å². The molecule has 0 fully saturated rings. The van der Waals surface area contributed by atoms with E-state index in [1.165, 1.54) is 18.3 Å². The molecule has 212 valence electrons. The van der Waals surface area contributed by atoms with E-state index in [4.69, 9.17) is 19.6 Å². The quantitative estimate of drug-likeness (QED) is 0.211. The molecule has 0 saturated heterocycles. The number of carbonyl (C=O) groups excluding carboxylic acids is 2. The van der Waals surface area contributed by atoms with E-state index < -0.39 is 23.9 Å². The lowest BCUT2D eigenvalue weighted by Gasteiger charge is -2.10. The van der Waals surface area contributed by atoms with Crippen LogP contribution in [-0.4, -0.2) is 33.2 Å². The van der Waals surface area contributed by atoms with Gasteiger partial charge in [-0.15, -0.1) is 11.3 Å². The van der Waals surface area contributed by atoms with E-state index in [1.54, 1.807) is 49.0 Å². The largest absolute Gasteiger partial charge is 0.494 e. The standard InChI is InChI=1S/C28H25F2N5O5S/c1-4-38-15-5-7-16(8-6-15)39-13-17-9-10-21(40-17)27(37)34-23-22-18(19-12-32-35(3)14(19)2)11-20(25(29)30)33-28(22)41-24(23)26(31)36/h5-12,25H,4,13H2,1-3H3,(H2,31,36)(H,34,37). The van der Waals surface area contributed by atoms with Crippen molar-refractivity contribution in [3.05, 3.63) is 76.4 Å². The number of pyridine rings is 1. The summed E-state index contributed by atoms with van der Waals surface area (Å²) in [6.45, 7) is 4.28. The molecular formula is C28H25F2N5O5S. The predicted molar refractivity (Wildman–Crippen MR) is 149 cm³/mol. The highest BCUT2D eigenvalue weighted by atomic mass is 32.1. The molecule has 3 N–H and O–H groups in total. The number of carbonyl (C=O) groups is 2. The lowest BCUT2D eigenvalue weighted by Crippen LogP contribution is -2.16. The normalized spacial score (nSPS) is 11.3. The van der Waals surface area contributed by atoms with Crippen molar-refractivity contribution in [3.63, 3.8) is 0 Å². The number of fused-ring (bicyclic) bond motifs is 1. The number of nitrogens with one attached hydrogen (secondary N) is 1. The molecule has 0 aliphatic heterocycles. The number of rotatable bonds is 10. The molecule has 0 spiro atoms. The lowest BCUT2D eigenvalue weighted by molar-refractivity contribution is 0.0992. The number of amides is 2. The Labute approximate surface area is 236 Å². The first-order chi connectivity index (χ1) is 19.7. The summed E-state index contributed by atoms with van der Waals surface area (Å²) >= 11 is 0.817. The SMILES string of the molecule is CCOc1ccc(OCc2ccc(C(=O)Nc3c(C(N)=O)sc4nc(C(F)F)cc(-c5cnn(C)c5C)c34)o2)cc1. The third kappa shape index (κ3) is 5.61. The van der Waals surface area contributed by atoms with Crippen molar-refractivity contribution >= 4 is 39.1 Å². The highest BCUT2D eigenvalue weighted by Crippen LogP contribution is 2.43. The van der Waals surface area contributed by atoms with Gasteiger partial charge in [0.15, 0.2) is 5.76 Å². The molecule has 5 aromatic rings. The Balaban J connectivity index is 1.45. The maximum atomic E-state index is 13.7. The van der Waals surface area contributed by atoms with Crippen LogP contribution in [0.15, 0.2) is 53.1 Å². The van der Waals surface area contributed by atoms with E-state index in [0.29, 0.717) is 40.3 Å². The number of benzene rings is 1. The average Bonchev–Trinajstić information content (AvgIpc) is 3.66. The summed E-state index contributed by atoms with van der Waals surface area (Å²) in [6, 6.07) is 11.3. The Bertz CT molecular complexity index is 1740. The van der Waals surface area contributed by atoms with E-state index in [-0.39, 0.29) is 27.8 Å². The van der Waals surface area contributed by atoms with Gasteiger partial charge in [0.05, 0.1) is 18.5 Å². The highest BCUT2D eigenvalue weighted by Gasteiger charge is 2.27. The average molecular weight is 582 g/mol. The maximum absolute atomic E-state index is 13.7. The summed E-state index contributed by atoms with van der Waals surface area (Å²) in [4.78, 5) is 29.7. The van der Waals surface area contributed by atoms with Gasteiger partial charge in [0.1, 0.15) is 39.3 Å². The van der Waals surface area contributed by atoms with Gasteiger partial charge in [-0.05, 0) is 61.9 Å². The smallest absolute Gasteiger partial charge is 0.291 e. The van der Waals surface area contributed by atoms with Crippen molar-refractivity contribution in [2.75, 3.05) is 11.9 Å². The van der Waals surface area contributed by atoms with Crippen molar-refractivity contribution in [2.45, 2.75) is 26.9 Å². The number of nitrogens with two attached hydrogens (primary N) is 1. The summed E-state index contributed by atoms with van der Waals surface area (Å²) in [7, 11) is 1.71. The Morgan fingerprint density at radius 3 is 2.44 bits per heavy atom. The minimum Gasteiger partial charge on any atom is -0.494 e. The van der Waals surface area contributed by atoms with Crippen LogP contribution in [0.5, 0.6) is 11.5 Å². The molecule has 2 amide bonds. The fourth-order valence-electron chi connectivity index (χ4n) is 4.20. The molecule has 0 aliphatic carbocycles. The number of nitrogens with zero attached hydrogens (tertiary/aromatic N) is 3. The molecule has 4 heterocycles. The third-order valence-corrected chi connectivity index (χ3v) is 7.39. The maximum Gasteiger partial charge on any atom is 0.291 e. The van der Waals surface area contributed by atoms with Crippen molar-refractivity contribution in [1.82, 2.24) is 14.8 Å². The second kappa shape index (κ2) is 11.4. The van der Waals surface area contributed by atoms with Crippen LogP contribution in [0.1, 0.15) is 50.7 Å². The number of furan rings is 1. The van der Waals surface area contributed by atoms with E-state index in [2.05, 4.69) is 15.4 Å². The molecule has 0 unspecified atom stereocenters. The Hall–Kier alpha value is -4.78. The van der Waals surface area contributed by atoms with Crippen molar-refractivity contribution < 1.29 is 32.3 Å². The van der Waals surface area contributed by atoms with Crippen LogP contribution in [0.3, 0.4) is 0 Å². The van der Waals surface area contributed by atoms with Gasteiger partial charge < -0.3 is 24.9 Å². The Morgan fingerprint density at radius 2 is 1.83 bits per heavy atom. The molecule has 0 bridgehead atoms. The van der Waals surface area contributed by atoms with Gasteiger partial charge in [0.25, 0.3) is 18.2 Å². The molecular weight excluding hydrogens is 556 g/mol.